The minimum Gasteiger partial charge on any atom is -0.375 e. The lowest BCUT2D eigenvalue weighted by atomic mass is 10.0. The maximum absolute atomic E-state index is 5.61. The average Bonchev–Trinajstić information content (AvgIpc) is 2.32. The van der Waals surface area contributed by atoms with Crippen LogP contribution in [0.3, 0.4) is 0 Å². The first-order valence-electron chi connectivity index (χ1n) is 5.39. The van der Waals surface area contributed by atoms with Crippen LogP contribution in [0.25, 0.3) is 0 Å². The predicted octanol–water partition coefficient (Wildman–Crippen LogP) is 1.43. The van der Waals surface area contributed by atoms with Gasteiger partial charge in [-0.2, -0.15) is 0 Å². The largest absolute Gasteiger partial charge is 0.375 e. The van der Waals surface area contributed by atoms with Gasteiger partial charge in [0.05, 0.1) is 18.9 Å². The highest BCUT2D eigenvalue weighted by Crippen LogP contribution is 2.10. The Morgan fingerprint density at radius 3 is 3.13 bits per heavy atom. The van der Waals surface area contributed by atoms with Gasteiger partial charge in [0.25, 0.3) is 0 Å². The lowest BCUT2D eigenvalue weighted by molar-refractivity contribution is 0.0889. The van der Waals surface area contributed by atoms with E-state index in [1.54, 1.807) is 6.20 Å². The number of hydrogen-bond donors (Lipinski definition) is 0. The summed E-state index contributed by atoms with van der Waals surface area (Å²) in [5.41, 5.74) is 0.991. The van der Waals surface area contributed by atoms with Crippen LogP contribution in [-0.4, -0.2) is 24.7 Å². The van der Waals surface area contributed by atoms with Gasteiger partial charge in [-0.05, 0) is 30.9 Å². The summed E-state index contributed by atoms with van der Waals surface area (Å²) in [5, 5.41) is 4.36. The second-order valence-electron chi connectivity index (χ2n) is 3.75. The SMILES string of the molecule is [CH]1CC[N]CC1COCc1ccccn1. The van der Waals surface area contributed by atoms with Crippen molar-refractivity contribution in [3.63, 3.8) is 0 Å². The van der Waals surface area contributed by atoms with E-state index >= 15 is 0 Å². The monoisotopic (exact) mass is 204 g/mol. The standard InChI is InChI=1S/C12H16N2O/c1-2-7-14-12(5-1)10-15-9-11-4-3-6-13-8-11/h1-2,4-5,7,11H,3,6,8-10H2. The van der Waals surface area contributed by atoms with E-state index in [9.17, 15) is 0 Å². The highest BCUT2D eigenvalue weighted by atomic mass is 16.5. The first-order chi connectivity index (χ1) is 7.45. The molecule has 0 aliphatic carbocycles. The van der Waals surface area contributed by atoms with Crippen molar-refractivity contribution in [2.75, 3.05) is 19.7 Å². The van der Waals surface area contributed by atoms with E-state index in [-0.39, 0.29) is 0 Å². The summed E-state index contributed by atoms with van der Waals surface area (Å²) in [5.74, 6) is 0.502. The molecule has 1 fully saturated rings. The van der Waals surface area contributed by atoms with Gasteiger partial charge in [0.2, 0.25) is 0 Å². The minimum absolute atomic E-state index is 0.502. The molecule has 3 nitrogen and oxygen atoms in total. The fourth-order valence-electron chi connectivity index (χ4n) is 1.65. The molecule has 2 radical (unpaired) electrons. The second kappa shape index (κ2) is 5.83. The Morgan fingerprint density at radius 2 is 2.40 bits per heavy atom. The molecule has 2 rings (SSSR count). The summed E-state index contributed by atoms with van der Waals surface area (Å²) in [4.78, 5) is 4.20. The maximum Gasteiger partial charge on any atom is 0.0887 e. The summed E-state index contributed by atoms with van der Waals surface area (Å²) in [6.07, 6.45) is 5.20. The third kappa shape index (κ3) is 3.61. The van der Waals surface area contributed by atoms with Gasteiger partial charge < -0.3 is 4.74 Å². The molecule has 1 saturated heterocycles. The van der Waals surface area contributed by atoms with Crippen LogP contribution in [0.5, 0.6) is 0 Å². The van der Waals surface area contributed by atoms with E-state index < -0.39 is 0 Å². The van der Waals surface area contributed by atoms with Gasteiger partial charge in [0.1, 0.15) is 0 Å². The van der Waals surface area contributed by atoms with Crippen molar-refractivity contribution in [3.8, 4) is 0 Å². The van der Waals surface area contributed by atoms with Crippen LogP contribution in [0.4, 0.5) is 0 Å². The summed E-state index contributed by atoms with van der Waals surface area (Å²) >= 11 is 0. The molecule has 2 heterocycles. The highest BCUT2D eigenvalue weighted by Gasteiger charge is 2.13. The Morgan fingerprint density at radius 1 is 1.40 bits per heavy atom. The van der Waals surface area contributed by atoms with Crippen molar-refractivity contribution in [1.29, 1.82) is 0 Å². The molecule has 0 amide bonds. The van der Waals surface area contributed by atoms with Crippen molar-refractivity contribution in [2.24, 2.45) is 5.92 Å². The molecule has 0 N–H and O–H groups in total. The third-order valence-corrected chi connectivity index (χ3v) is 2.46. The fourth-order valence-corrected chi connectivity index (χ4v) is 1.65. The van der Waals surface area contributed by atoms with Gasteiger partial charge in [-0.15, -0.1) is 0 Å². The molecule has 1 aromatic rings. The third-order valence-electron chi connectivity index (χ3n) is 2.46. The summed E-state index contributed by atoms with van der Waals surface area (Å²) in [6, 6.07) is 5.88. The van der Waals surface area contributed by atoms with E-state index in [2.05, 4.69) is 16.7 Å². The summed E-state index contributed by atoms with van der Waals surface area (Å²) in [7, 11) is 0. The number of nitrogens with zero attached hydrogens (tertiary/aromatic N) is 2. The first kappa shape index (κ1) is 10.6. The smallest absolute Gasteiger partial charge is 0.0887 e. The Labute approximate surface area is 90.9 Å². The Hall–Kier alpha value is -0.930. The van der Waals surface area contributed by atoms with E-state index in [0.29, 0.717) is 12.5 Å². The second-order valence-corrected chi connectivity index (χ2v) is 3.75. The minimum atomic E-state index is 0.502. The van der Waals surface area contributed by atoms with Crippen LogP contribution in [0, 0.1) is 12.3 Å². The Kier molecular flexibility index (Phi) is 4.11. The normalized spacial score (nSPS) is 21.5. The maximum atomic E-state index is 5.61. The van der Waals surface area contributed by atoms with Crippen molar-refractivity contribution in [2.45, 2.75) is 13.0 Å². The molecular formula is C12H16N2O. The topological polar surface area (TPSA) is 36.2 Å². The van der Waals surface area contributed by atoms with E-state index in [1.807, 2.05) is 18.2 Å². The zero-order valence-electron chi connectivity index (χ0n) is 8.80. The number of ether oxygens (including phenoxy) is 1. The summed E-state index contributed by atoms with van der Waals surface area (Å²) in [6.45, 7) is 3.27. The van der Waals surface area contributed by atoms with Crippen LogP contribution in [0.2, 0.25) is 0 Å². The Balaban J connectivity index is 1.66. The number of hydrogen-bond acceptors (Lipinski definition) is 2. The number of pyridine rings is 1. The van der Waals surface area contributed by atoms with Crippen LogP contribution in [0.1, 0.15) is 12.1 Å². The van der Waals surface area contributed by atoms with Crippen LogP contribution >= 0.6 is 0 Å². The first-order valence-corrected chi connectivity index (χ1v) is 5.39. The quantitative estimate of drug-likeness (QED) is 0.743. The molecular weight excluding hydrogens is 188 g/mol. The molecule has 3 heteroatoms. The van der Waals surface area contributed by atoms with E-state index in [1.165, 1.54) is 0 Å². The molecule has 0 bridgehead atoms. The Bertz CT molecular complexity index is 270. The molecule has 1 aliphatic heterocycles. The highest BCUT2D eigenvalue weighted by molar-refractivity contribution is 5.01. The number of piperidine rings is 1. The lowest BCUT2D eigenvalue weighted by Crippen LogP contribution is -2.28. The molecule has 80 valence electrons. The molecule has 1 unspecified atom stereocenters. The van der Waals surface area contributed by atoms with Crippen molar-refractivity contribution < 1.29 is 4.74 Å². The van der Waals surface area contributed by atoms with Gasteiger partial charge in [0, 0.05) is 19.3 Å². The molecule has 0 spiro atoms. The van der Waals surface area contributed by atoms with Gasteiger partial charge in [-0.3, -0.25) is 4.98 Å². The van der Waals surface area contributed by atoms with Crippen molar-refractivity contribution in [1.82, 2.24) is 10.3 Å². The summed E-state index contributed by atoms with van der Waals surface area (Å²) < 4.78 is 5.61. The van der Waals surface area contributed by atoms with Gasteiger partial charge in [-0.1, -0.05) is 6.07 Å². The van der Waals surface area contributed by atoms with E-state index in [4.69, 9.17) is 4.74 Å². The molecule has 15 heavy (non-hydrogen) atoms. The van der Waals surface area contributed by atoms with Crippen molar-refractivity contribution in [3.05, 3.63) is 36.5 Å². The van der Waals surface area contributed by atoms with Crippen LogP contribution in [0.15, 0.2) is 24.4 Å². The van der Waals surface area contributed by atoms with Crippen LogP contribution < -0.4 is 5.32 Å². The molecule has 0 aromatic carbocycles. The molecule has 1 atom stereocenters. The van der Waals surface area contributed by atoms with Gasteiger partial charge in [-0.25, -0.2) is 5.32 Å². The predicted molar refractivity (Wildman–Crippen MR) is 58.2 cm³/mol. The molecule has 1 aromatic heterocycles. The fraction of sp³-hybridized carbons (Fsp3) is 0.500. The molecule has 0 saturated carbocycles. The number of aromatic nitrogens is 1. The van der Waals surface area contributed by atoms with Crippen molar-refractivity contribution >= 4 is 0 Å². The zero-order chi connectivity index (χ0) is 10.3. The van der Waals surface area contributed by atoms with E-state index in [0.717, 1.165) is 31.8 Å². The van der Waals surface area contributed by atoms with Gasteiger partial charge >= 0.3 is 0 Å². The lowest BCUT2D eigenvalue weighted by Gasteiger charge is -2.20. The number of rotatable bonds is 4. The van der Waals surface area contributed by atoms with Crippen LogP contribution in [-0.2, 0) is 11.3 Å². The molecule has 1 aliphatic rings. The zero-order valence-corrected chi connectivity index (χ0v) is 8.80. The van der Waals surface area contributed by atoms with Gasteiger partial charge in [0.15, 0.2) is 0 Å². The average molecular weight is 204 g/mol.